The maximum absolute atomic E-state index is 10.0. The van der Waals surface area contributed by atoms with Crippen molar-refractivity contribution in [2.75, 3.05) is 0 Å². The van der Waals surface area contributed by atoms with Gasteiger partial charge >= 0.3 is 6.09 Å². The Labute approximate surface area is 103 Å². The molecule has 0 bridgehead atoms. The third-order valence-electron chi connectivity index (χ3n) is 2.13. The fraction of sp³-hybridized carbons (Fsp3) is 0.909. The second-order valence-corrected chi connectivity index (χ2v) is 5.14. The van der Waals surface area contributed by atoms with Gasteiger partial charge in [-0.15, -0.1) is 0 Å². The molecule has 1 amide bonds. The minimum atomic E-state index is -0.725. The second-order valence-electron chi connectivity index (χ2n) is 4.93. The van der Waals surface area contributed by atoms with Crippen molar-refractivity contribution >= 4 is 18.5 Å². The predicted octanol–water partition coefficient (Wildman–Crippen LogP) is 2.93. The van der Waals surface area contributed by atoms with Crippen LogP contribution in [0, 0.1) is 0 Å². The molecular formula is C11H22N2O2S. The fourth-order valence-corrected chi connectivity index (χ4v) is 1.70. The summed E-state index contributed by atoms with van der Waals surface area (Å²) in [5.74, 6) is 0. The van der Waals surface area contributed by atoms with Crippen molar-refractivity contribution in [3.63, 3.8) is 0 Å². The summed E-state index contributed by atoms with van der Waals surface area (Å²) in [6, 6.07) is 0.527. The Kier molecular flexibility index (Phi) is 7.21. The average molecular weight is 246 g/mol. The minimum Gasteiger partial charge on any atom is -0.444 e. The lowest BCUT2D eigenvalue weighted by Crippen LogP contribution is -2.27. The molecule has 2 N–H and O–H groups in total. The van der Waals surface area contributed by atoms with Crippen molar-refractivity contribution in [1.29, 1.82) is 0 Å². The lowest BCUT2D eigenvalue weighted by atomic mass is 9.97. The van der Waals surface area contributed by atoms with E-state index in [2.05, 4.69) is 21.5 Å². The van der Waals surface area contributed by atoms with Crippen LogP contribution in [0.4, 0.5) is 4.79 Å². The monoisotopic (exact) mass is 246 g/mol. The van der Waals surface area contributed by atoms with Gasteiger partial charge in [-0.3, -0.25) is 0 Å². The molecule has 0 heterocycles. The van der Waals surface area contributed by atoms with Gasteiger partial charge in [0, 0.05) is 12.4 Å². The number of rotatable bonds is 1. The quantitative estimate of drug-likeness (QED) is 0.773. The largest absolute Gasteiger partial charge is 0.444 e. The Morgan fingerprint density at radius 3 is 2.00 bits per heavy atom. The summed E-state index contributed by atoms with van der Waals surface area (Å²) in [4.78, 5) is 10.0. The van der Waals surface area contributed by atoms with E-state index in [0.717, 1.165) is 0 Å². The van der Waals surface area contributed by atoms with Crippen LogP contribution in [0.2, 0.25) is 0 Å². The van der Waals surface area contributed by atoms with Gasteiger partial charge in [0.15, 0.2) is 0 Å². The van der Waals surface area contributed by atoms with Crippen LogP contribution < -0.4 is 5.73 Å². The van der Waals surface area contributed by atoms with E-state index in [9.17, 15) is 4.79 Å². The molecule has 0 aromatic rings. The zero-order valence-electron chi connectivity index (χ0n) is 10.4. The first-order chi connectivity index (χ1) is 7.35. The van der Waals surface area contributed by atoms with Crippen LogP contribution in [0.3, 0.4) is 0 Å². The van der Waals surface area contributed by atoms with Crippen molar-refractivity contribution < 1.29 is 9.53 Å². The first-order valence-corrected chi connectivity index (χ1v) is 6.02. The Hall–Kier alpha value is -0.710. The standard InChI is InChI=1S/C6H11NS.C5H11NO2/c8-7-6-4-2-1-3-5-6;1-5(2,3)8-4(6)7/h6H,1-5H2;1-3H3,(H2,6,7). The molecule has 0 radical (unpaired) electrons. The number of hydrogen-bond donors (Lipinski definition) is 1. The second kappa shape index (κ2) is 7.54. The van der Waals surface area contributed by atoms with E-state index in [4.69, 9.17) is 5.73 Å². The summed E-state index contributed by atoms with van der Waals surface area (Å²) in [5, 5.41) is 0. The predicted molar refractivity (Wildman–Crippen MR) is 67.1 cm³/mol. The average Bonchev–Trinajstić information content (AvgIpc) is 2.16. The molecule has 4 nitrogen and oxygen atoms in total. The van der Waals surface area contributed by atoms with E-state index in [1.807, 2.05) is 0 Å². The van der Waals surface area contributed by atoms with Crippen LogP contribution in [-0.4, -0.2) is 17.7 Å². The van der Waals surface area contributed by atoms with Crippen molar-refractivity contribution in [2.45, 2.75) is 64.5 Å². The molecule has 0 aliphatic heterocycles. The number of carbonyl (C=O) groups excluding carboxylic acids is 1. The van der Waals surface area contributed by atoms with Gasteiger partial charge in [0.2, 0.25) is 0 Å². The van der Waals surface area contributed by atoms with Gasteiger partial charge in [-0.2, -0.15) is 0 Å². The van der Waals surface area contributed by atoms with E-state index in [0.29, 0.717) is 6.04 Å². The minimum absolute atomic E-state index is 0.453. The Bertz CT molecular complexity index is 221. The number of ether oxygens (including phenoxy) is 1. The van der Waals surface area contributed by atoms with Crippen molar-refractivity contribution in [2.24, 2.45) is 10.1 Å². The highest BCUT2D eigenvalue weighted by atomic mass is 32.1. The maximum Gasteiger partial charge on any atom is 0.405 e. The molecule has 5 heteroatoms. The molecule has 1 aliphatic rings. The highest BCUT2D eigenvalue weighted by Crippen LogP contribution is 2.19. The SMILES string of the molecule is CC(C)(C)OC(N)=O.S=NC1CCCCC1. The molecule has 0 atom stereocenters. The summed E-state index contributed by atoms with van der Waals surface area (Å²) < 4.78 is 8.41. The Morgan fingerprint density at radius 1 is 1.31 bits per heavy atom. The fourth-order valence-electron chi connectivity index (χ4n) is 1.49. The Balaban J connectivity index is 0.000000281. The van der Waals surface area contributed by atoms with Gasteiger partial charge in [-0.1, -0.05) is 19.3 Å². The summed E-state index contributed by atoms with van der Waals surface area (Å²) in [6.45, 7) is 5.28. The van der Waals surface area contributed by atoms with Gasteiger partial charge in [-0.05, 0) is 33.6 Å². The van der Waals surface area contributed by atoms with Crippen molar-refractivity contribution in [3.05, 3.63) is 0 Å². The smallest absolute Gasteiger partial charge is 0.405 e. The van der Waals surface area contributed by atoms with Gasteiger partial charge in [-0.25, -0.2) is 9.16 Å². The molecule has 0 aromatic heterocycles. The molecule has 0 saturated heterocycles. The van der Waals surface area contributed by atoms with E-state index >= 15 is 0 Å². The van der Waals surface area contributed by atoms with E-state index in [-0.39, 0.29) is 0 Å². The molecule has 94 valence electrons. The molecule has 1 aliphatic carbocycles. The van der Waals surface area contributed by atoms with Crippen LogP contribution in [0.15, 0.2) is 4.36 Å². The lowest BCUT2D eigenvalue weighted by Gasteiger charge is -2.16. The first kappa shape index (κ1) is 15.3. The van der Waals surface area contributed by atoms with E-state index in [1.165, 1.54) is 32.1 Å². The molecule has 16 heavy (non-hydrogen) atoms. The molecule has 0 unspecified atom stereocenters. The molecule has 0 aromatic carbocycles. The van der Waals surface area contributed by atoms with Crippen molar-refractivity contribution in [3.8, 4) is 0 Å². The maximum atomic E-state index is 10.0. The number of primary amides is 1. The normalized spacial score (nSPS) is 16.9. The van der Waals surface area contributed by atoms with Crippen molar-refractivity contribution in [1.82, 2.24) is 0 Å². The zero-order valence-corrected chi connectivity index (χ0v) is 11.2. The molecule has 0 spiro atoms. The number of amides is 1. The molecule has 1 fully saturated rings. The molecule has 1 saturated carbocycles. The van der Waals surface area contributed by atoms with Crippen LogP contribution in [0.5, 0.6) is 0 Å². The summed E-state index contributed by atoms with van der Waals surface area (Å²) in [7, 11) is 0. The van der Waals surface area contributed by atoms with E-state index < -0.39 is 11.7 Å². The number of hydrogen-bond acceptors (Lipinski definition) is 4. The summed E-state index contributed by atoms with van der Waals surface area (Å²) in [5.41, 5.74) is 4.26. The van der Waals surface area contributed by atoms with Gasteiger partial charge in [0.25, 0.3) is 0 Å². The van der Waals surface area contributed by atoms with Crippen LogP contribution in [-0.2, 0) is 17.2 Å². The number of carbonyl (C=O) groups is 1. The van der Waals surface area contributed by atoms with Crippen LogP contribution in [0.1, 0.15) is 52.9 Å². The summed E-state index contributed by atoms with van der Waals surface area (Å²) in [6.07, 6.45) is 5.82. The number of nitrogens with two attached hydrogens (primary N) is 1. The van der Waals surface area contributed by atoms with E-state index in [1.54, 1.807) is 20.8 Å². The van der Waals surface area contributed by atoms with Gasteiger partial charge < -0.3 is 10.5 Å². The topological polar surface area (TPSA) is 64.7 Å². The first-order valence-electron chi connectivity index (χ1n) is 5.66. The summed E-state index contributed by atoms with van der Waals surface area (Å²) >= 11 is 4.60. The highest BCUT2D eigenvalue weighted by molar-refractivity contribution is 7.47. The lowest BCUT2D eigenvalue weighted by molar-refractivity contribution is 0.0600. The third kappa shape index (κ3) is 9.83. The third-order valence-corrected chi connectivity index (χ3v) is 2.43. The highest BCUT2D eigenvalue weighted by Gasteiger charge is 2.12. The Morgan fingerprint density at radius 2 is 1.81 bits per heavy atom. The van der Waals surface area contributed by atoms with Gasteiger partial charge in [0.05, 0.1) is 6.04 Å². The number of nitrogens with zero attached hydrogens (tertiary/aromatic N) is 1. The molecular weight excluding hydrogens is 224 g/mol. The van der Waals surface area contributed by atoms with Crippen LogP contribution in [0.25, 0.3) is 0 Å². The van der Waals surface area contributed by atoms with Gasteiger partial charge in [0.1, 0.15) is 5.60 Å². The molecule has 1 rings (SSSR count). The van der Waals surface area contributed by atoms with Crippen LogP contribution >= 0.6 is 0 Å². The zero-order chi connectivity index (χ0) is 12.6.